The molecule has 128 valence electrons. The van der Waals surface area contributed by atoms with Crippen molar-refractivity contribution in [1.29, 1.82) is 0 Å². The van der Waals surface area contributed by atoms with Crippen LogP contribution in [-0.4, -0.2) is 23.2 Å². The number of amides is 1. The molecule has 0 saturated carbocycles. The molecule has 0 atom stereocenters. The van der Waals surface area contributed by atoms with Gasteiger partial charge >= 0.3 is 0 Å². The van der Waals surface area contributed by atoms with Gasteiger partial charge < -0.3 is 0 Å². The molecule has 0 radical (unpaired) electrons. The van der Waals surface area contributed by atoms with E-state index < -0.39 is 5.82 Å². The molecule has 0 bridgehead atoms. The van der Waals surface area contributed by atoms with Gasteiger partial charge in [-0.15, -0.1) is 0 Å². The molecule has 4 rings (SSSR count). The molecule has 1 aliphatic rings. The summed E-state index contributed by atoms with van der Waals surface area (Å²) in [6, 6.07) is 23.9. The zero-order valence-corrected chi connectivity index (χ0v) is 14.1. The lowest BCUT2D eigenvalue weighted by atomic mass is 9.96. The van der Waals surface area contributed by atoms with Gasteiger partial charge in [-0.1, -0.05) is 60.7 Å². The Hall–Kier alpha value is -3.27. The maximum absolute atomic E-state index is 13.4. The number of hydrazone groups is 1. The molecule has 1 amide bonds. The Morgan fingerprint density at radius 1 is 0.885 bits per heavy atom. The van der Waals surface area contributed by atoms with Gasteiger partial charge in [0, 0.05) is 17.5 Å². The van der Waals surface area contributed by atoms with Crippen molar-refractivity contribution in [2.75, 3.05) is 6.54 Å². The number of hydrogen-bond donors (Lipinski definition) is 0. The van der Waals surface area contributed by atoms with Crippen LogP contribution >= 0.6 is 0 Å². The SMILES string of the molecule is O=C(c1cccc(F)c1)N1CCC(c2ccccc2-c2ccccc2)=N1. The van der Waals surface area contributed by atoms with E-state index in [1.54, 1.807) is 6.07 Å². The van der Waals surface area contributed by atoms with Crippen molar-refractivity contribution in [3.8, 4) is 11.1 Å². The lowest BCUT2D eigenvalue weighted by molar-refractivity contribution is 0.0778. The van der Waals surface area contributed by atoms with Crippen LogP contribution in [0.15, 0.2) is 84.0 Å². The third kappa shape index (κ3) is 3.14. The van der Waals surface area contributed by atoms with Gasteiger partial charge in [0.15, 0.2) is 0 Å². The first-order chi connectivity index (χ1) is 12.7. The van der Waals surface area contributed by atoms with Crippen LogP contribution in [0.1, 0.15) is 22.3 Å². The second-order valence-electron chi connectivity index (χ2n) is 6.15. The highest BCUT2D eigenvalue weighted by Gasteiger charge is 2.24. The van der Waals surface area contributed by atoms with E-state index in [1.807, 2.05) is 36.4 Å². The minimum absolute atomic E-state index is 0.281. The van der Waals surface area contributed by atoms with Crippen LogP contribution in [0.4, 0.5) is 4.39 Å². The summed E-state index contributed by atoms with van der Waals surface area (Å²) < 4.78 is 13.4. The van der Waals surface area contributed by atoms with Crippen LogP contribution < -0.4 is 0 Å². The number of carbonyl (C=O) groups excluding carboxylic acids is 1. The predicted octanol–water partition coefficient (Wildman–Crippen LogP) is 4.74. The number of hydrogen-bond acceptors (Lipinski definition) is 2. The molecule has 0 saturated heterocycles. The Bertz CT molecular complexity index is 982. The average molecular weight is 344 g/mol. The summed E-state index contributed by atoms with van der Waals surface area (Å²) in [6.45, 7) is 0.494. The highest BCUT2D eigenvalue weighted by molar-refractivity contribution is 6.08. The molecule has 0 N–H and O–H groups in total. The van der Waals surface area contributed by atoms with Crippen LogP contribution in [0, 0.1) is 5.82 Å². The van der Waals surface area contributed by atoms with E-state index in [2.05, 4.69) is 23.3 Å². The molecule has 0 spiro atoms. The third-order valence-electron chi connectivity index (χ3n) is 4.43. The molecule has 1 aliphatic heterocycles. The van der Waals surface area contributed by atoms with Gasteiger partial charge in [0.25, 0.3) is 5.91 Å². The van der Waals surface area contributed by atoms with Crippen molar-refractivity contribution in [2.24, 2.45) is 5.10 Å². The summed E-state index contributed by atoms with van der Waals surface area (Å²) >= 11 is 0. The molecule has 0 aliphatic carbocycles. The topological polar surface area (TPSA) is 32.7 Å². The Morgan fingerprint density at radius 2 is 1.62 bits per heavy atom. The van der Waals surface area contributed by atoms with Crippen molar-refractivity contribution < 1.29 is 9.18 Å². The van der Waals surface area contributed by atoms with Gasteiger partial charge in [0.2, 0.25) is 0 Å². The number of carbonyl (C=O) groups is 1. The maximum Gasteiger partial charge on any atom is 0.274 e. The zero-order valence-electron chi connectivity index (χ0n) is 14.1. The molecule has 4 heteroatoms. The summed E-state index contributed by atoms with van der Waals surface area (Å²) in [7, 11) is 0. The number of benzene rings is 3. The van der Waals surface area contributed by atoms with Gasteiger partial charge in [0.1, 0.15) is 5.82 Å². The van der Waals surface area contributed by atoms with E-state index in [1.165, 1.54) is 23.2 Å². The van der Waals surface area contributed by atoms with E-state index in [9.17, 15) is 9.18 Å². The summed E-state index contributed by atoms with van der Waals surface area (Å²) in [6.07, 6.45) is 0.672. The van der Waals surface area contributed by atoms with Gasteiger partial charge in [-0.25, -0.2) is 9.40 Å². The Labute approximate surface area is 151 Å². The fraction of sp³-hybridized carbons (Fsp3) is 0.0909. The Balaban J connectivity index is 1.66. The summed E-state index contributed by atoms with van der Waals surface area (Å²) in [5.41, 5.74) is 4.40. The smallest absolute Gasteiger partial charge is 0.267 e. The second-order valence-corrected chi connectivity index (χ2v) is 6.15. The lowest BCUT2D eigenvalue weighted by Crippen LogP contribution is -2.23. The molecule has 0 aromatic heterocycles. The van der Waals surface area contributed by atoms with E-state index in [4.69, 9.17) is 0 Å². The third-order valence-corrected chi connectivity index (χ3v) is 4.43. The Kier molecular flexibility index (Phi) is 4.32. The van der Waals surface area contributed by atoms with E-state index in [0.717, 1.165) is 22.4 Å². The van der Waals surface area contributed by atoms with Crippen LogP contribution in [0.5, 0.6) is 0 Å². The molecule has 3 nitrogen and oxygen atoms in total. The average Bonchev–Trinajstić information content (AvgIpc) is 3.18. The molecule has 3 aromatic carbocycles. The fourth-order valence-electron chi connectivity index (χ4n) is 3.17. The minimum Gasteiger partial charge on any atom is -0.267 e. The second kappa shape index (κ2) is 6.92. The van der Waals surface area contributed by atoms with E-state index in [0.29, 0.717) is 18.5 Å². The first kappa shape index (κ1) is 16.2. The van der Waals surface area contributed by atoms with Crippen molar-refractivity contribution in [1.82, 2.24) is 5.01 Å². The van der Waals surface area contributed by atoms with Crippen molar-refractivity contribution in [3.05, 3.63) is 95.8 Å². The van der Waals surface area contributed by atoms with Gasteiger partial charge in [-0.05, 0) is 29.3 Å². The first-order valence-electron chi connectivity index (χ1n) is 8.52. The normalized spacial score (nSPS) is 13.6. The highest BCUT2D eigenvalue weighted by atomic mass is 19.1. The van der Waals surface area contributed by atoms with Crippen LogP contribution in [0.3, 0.4) is 0 Å². The van der Waals surface area contributed by atoms with E-state index >= 15 is 0 Å². The van der Waals surface area contributed by atoms with Crippen LogP contribution in [-0.2, 0) is 0 Å². The monoisotopic (exact) mass is 344 g/mol. The number of rotatable bonds is 3. The minimum atomic E-state index is -0.423. The zero-order chi connectivity index (χ0) is 17.9. The number of halogens is 1. The molecule has 26 heavy (non-hydrogen) atoms. The molecular formula is C22H17FN2O. The van der Waals surface area contributed by atoms with Crippen molar-refractivity contribution in [2.45, 2.75) is 6.42 Å². The molecule has 1 heterocycles. The highest BCUT2D eigenvalue weighted by Crippen LogP contribution is 2.27. The summed E-state index contributed by atoms with van der Waals surface area (Å²) in [5, 5.41) is 5.95. The quantitative estimate of drug-likeness (QED) is 0.675. The first-order valence-corrected chi connectivity index (χ1v) is 8.52. The van der Waals surface area contributed by atoms with Crippen LogP contribution in [0.2, 0.25) is 0 Å². The van der Waals surface area contributed by atoms with E-state index in [-0.39, 0.29) is 5.91 Å². The summed E-state index contributed by atoms with van der Waals surface area (Å²) in [4.78, 5) is 12.6. The lowest BCUT2D eigenvalue weighted by Gasteiger charge is -2.11. The standard InChI is InChI=1S/C22H17FN2O/c23-18-10-6-9-17(15-18)22(26)25-14-13-21(24-25)20-12-5-4-11-19(20)16-7-2-1-3-8-16/h1-12,15H,13-14H2. The van der Waals surface area contributed by atoms with Gasteiger partial charge in [-0.2, -0.15) is 5.10 Å². The maximum atomic E-state index is 13.4. The summed E-state index contributed by atoms with van der Waals surface area (Å²) in [5.74, 6) is -0.703. The van der Waals surface area contributed by atoms with Crippen molar-refractivity contribution in [3.63, 3.8) is 0 Å². The van der Waals surface area contributed by atoms with Crippen molar-refractivity contribution >= 4 is 11.6 Å². The van der Waals surface area contributed by atoms with Crippen LogP contribution in [0.25, 0.3) is 11.1 Å². The largest absolute Gasteiger partial charge is 0.274 e. The molecule has 3 aromatic rings. The Morgan fingerprint density at radius 3 is 2.38 bits per heavy atom. The fourth-order valence-corrected chi connectivity index (χ4v) is 3.17. The van der Waals surface area contributed by atoms with Gasteiger partial charge in [0.05, 0.1) is 12.3 Å². The predicted molar refractivity (Wildman–Crippen MR) is 100 cm³/mol. The molecular weight excluding hydrogens is 327 g/mol. The number of nitrogens with zero attached hydrogens (tertiary/aromatic N) is 2. The van der Waals surface area contributed by atoms with Gasteiger partial charge in [-0.3, -0.25) is 4.79 Å². The molecule has 0 unspecified atom stereocenters. The molecule has 0 fully saturated rings.